The summed E-state index contributed by atoms with van der Waals surface area (Å²) in [5, 5.41) is 2.61. The first-order valence-corrected chi connectivity index (χ1v) is 13.7. The smallest absolute Gasteiger partial charge is 0.408 e. The number of nitrogens with one attached hydrogen (secondary N) is 1. The molecule has 0 unspecified atom stereocenters. The highest BCUT2D eigenvalue weighted by atomic mass is 32.2. The molecule has 190 valence electrons. The first-order valence-electron chi connectivity index (χ1n) is 11.8. The van der Waals surface area contributed by atoms with Crippen molar-refractivity contribution in [2.24, 2.45) is 4.36 Å². The number of rotatable bonds is 6. The fourth-order valence-electron chi connectivity index (χ4n) is 3.93. The number of carbonyl (C=O) groups excluding carboxylic acids is 2. The topological polar surface area (TPSA) is 84.8 Å². The SMILES string of the molecule is Cc1cccc(C)c1-c1ccc([S@](C)(=O)=NC(=O)[C@H](Cc2ccccc2)NC(=O)OC(C)(C)C)cc1. The molecule has 0 aliphatic carbocycles. The van der Waals surface area contributed by atoms with Gasteiger partial charge in [-0.1, -0.05) is 60.7 Å². The molecule has 36 heavy (non-hydrogen) atoms. The molecule has 0 fully saturated rings. The summed E-state index contributed by atoms with van der Waals surface area (Å²) in [5.41, 5.74) is 4.54. The second-order valence-electron chi connectivity index (χ2n) is 9.91. The van der Waals surface area contributed by atoms with Gasteiger partial charge in [-0.3, -0.25) is 4.79 Å². The van der Waals surface area contributed by atoms with Crippen molar-refractivity contribution in [3.63, 3.8) is 0 Å². The maximum atomic E-state index is 13.5. The van der Waals surface area contributed by atoms with Gasteiger partial charge in [-0.05, 0) is 74.6 Å². The van der Waals surface area contributed by atoms with Crippen LogP contribution < -0.4 is 5.32 Å². The predicted molar refractivity (Wildman–Crippen MR) is 144 cm³/mol. The third-order valence-electron chi connectivity index (χ3n) is 5.60. The summed E-state index contributed by atoms with van der Waals surface area (Å²) < 4.78 is 22.9. The van der Waals surface area contributed by atoms with Gasteiger partial charge in [0.15, 0.2) is 0 Å². The van der Waals surface area contributed by atoms with Gasteiger partial charge in [0.25, 0.3) is 5.91 Å². The lowest BCUT2D eigenvalue weighted by molar-refractivity contribution is -0.119. The van der Waals surface area contributed by atoms with Crippen molar-refractivity contribution < 1.29 is 18.5 Å². The average Bonchev–Trinajstić information content (AvgIpc) is 2.78. The van der Waals surface area contributed by atoms with Crippen LogP contribution >= 0.6 is 0 Å². The Morgan fingerprint density at radius 1 is 0.917 bits per heavy atom. The zero-order chi connectivity index (χ0) is 26.5. The van der Waals surface area contributed by atoms with Crippen LogP contribution in [0.4, 0.5) is 4.79 Å². The van der Waals surface area contributed by atoms with Gasteiger partial charge < -0.3 is 10.1 Å². The number of ether oxygens (including phenoxy) is 1. The van der Waals surface area contributed by atoms with Crippen LogP contribution in [0.1, 0.15) is 37.5 Å². The minimum absolute atomic E-state index is 0.198. The molecule has 3 aromatic rings. The van der Waals surface area contributed by atoms with Gasteiger partial charge in [-0.2, -0.15) is 4.36 Å². The fourth-order valence-corrected chi connectivity index (χ4v) is 5.15. The van der Waals surface area contributed by atoms with Gasteiger partial charge in [0.05, 0.1) is 9.73 Å². The molecule has 0 spiro atoms. The Labute approximate surface area is 214 Å². The molecular formula is C29H34N2O4S. The quantitative estimate of drug-likeness (QED) is 0.438. The van der Waals surface area contributed by atoms with E-state index in [1.165, 1.54) is 6.26 Å². The summed E-state index contributed by atoms with van der Waals surface area (Å²) in [7, 11) is -3.05. The first-order chi connectivity index (χ1) is 16.9. The molecule has 2 amide bonds. The molecule has 1 N–H and O–H groups in total. The van der Waals surface area contributed by atoms with Gasteiger partial charge in [0.2, 0.25) is 0 Å². The van der Waals surface area contributed by atoms with E-state index in [-0.39, 0.29) is 6.42 Å². The van der Waals surface area contributed by atoms with Crippen LogP contribution in [0.2, 0.25) is 0 Å². The van der Waals surface area contributed by atoms with E-state index in [4.69, 9.17) is 4.74 Å². The minimum atomic E-state index is -3.05. The minimum Gasteiger partial charge on any atom is -0.444 e. The third kappa shape index (κ3) is 7.28. The highest BCUT2D eigenvalue weighted by Gasteiger charge is 2.26. The van der Waals surface area contributed by atoms with Crippen molar-refractivity contribution in [1.82, 2.24) is 5.32 Å². The molecule has 0 aliphatic heterocycles. The summed E-state index contributed by atoms with van der Waals surface area (Å²) in [5.74, 6) is -0.670. The Morgan fingerprint density at radius 3 is 2.06 bits per heavy atom. The predicted octanol–water partition coefficient (Wildman–Crippen LogP) is 6.09. The Balaban J connectivity index is 1.89. The number of aryl methyl sites for hydroxylation is 2. The van der Waals surface area contributed by atoms with Crippen LogP contribution in [0.5, 0.6) is 0 Å². The number of hydrogen-bond acceptors (Lipinski definition) is 4. The highest BCUT2D eigenvalue weighted by molar-refractivity contribution is 7.93. The molecule has 2 atom stereocenters. The monoisotopic (exact) mass is 506 g/mol. The van der Waals surface area contributed by atoms with Crippen LogP contribution in [0, 0.1) is 13.8 Å². The second-order valence-corrected chi connectivity index (χ2v) is 12.2. The number of amides is 2. The summed E-state index contributed by atoms with van der Waals surface area (Å²) in [4.78, 5) is 26.1. The third-order valence-corrected chi connectivity index (χ3v) is 7.27. The first kappa shape index (κ1) is 27.1. The molecule has 0 radical (unpaired) electrons. The van der Waals surface area contributed by atoms with Gasteiger partial charge in [0.1, 0.15) is 11.6 Å². The molecule has 0 aromatic heterocycles. The largest absolute Gasteiger partial charge is 0.444 e. The summed E-state index contributed by atoms with van der Waals surface area (Å²) >= 11 is 0. The van der Waals surface area contributed by atoms with Gasteiger partial charge in [0, 0.05) is 17.6 Å². The molecule has 7 heteroatoms. The molecule has 0 saturated heterocycles. The van der Waals surface area contributed by atoms with E-state index in [0.717, 1.165) is 27.8 Å². The number of nitrogens with zero attached hydrogens (tertiary/aromatic N) is 1. The highest BCUT2D eigenvalue weighted by Crippen LogP contribution is 2.28. The fraction of sp³-hybridized carbons (Fsp3) is 0.310. The Bertz CT molecular complexity index is 1330. The summed E-state index contributed by atoms with van der Waals surface area (Å²) in [6.45, 7) is 9.33. The van der Waals surface area contributed by atoms with E-state index < -0.39 is 33.4 Å². The molecule has 0 heterocycles. The molecule has 3 aromatic carbocycles. The Hall–Kier alpha value is -3.45. The van der Waals surface area contributed by atoms with E-state index in [1.807, 2.05) is 48.5 Å². The second kappa shape index (κ2) is 11.1. The lowest BCUT2D eigenvalue weighted by atomic mass is 9.96. The lowest BCUT2D eigenvalue weighted by Gasteiger charge is -2.22. The normalized spacial score (nSPS) is 13.8. The van der Waals surface area contributed by atoms with Crippen molar-refractivity contribution in [2.75, 3.05) is 6.26 Å². The average molecular weight is 507 g/mol. The maximum Gasteiger partial charge on any atom is 0.408 e. The van der Waals surface area contributed by atoms with Crippen LogP contribution in [-0.4, -0.2) is 34.1 Å². The van der Waals surface area contributed by atoms with Crippen molar-refractivity contribution in [2.45, 2.75) is 57.6 Å². The number of hydrogen-bond donors (Lipinski definition) is 1. The Kier molecular flexibility index (Phi) is 8.35. The maximum absolute atomic E-state index is 13.5. The molecule has 3 rings (SSSR count). The van der Waals surface area contributed by atoms with Crippen molar-refractivity contribution in [3.05, 3.63) is 89.5 Å². The zero-order valence-electron chi connectivity index (χ0n) is 21.7. The zero-order valence-corrected chi connectivity index (χ0v) is 22.5. The molecular weight excluding hydrogens is 472 g/mol. The van der Waals surface area contributed by atoms with E-state index in [0.29, 0.717) is 4.90 Å². The van der Waals surface area contributed by atoms with Crippen molar-refractivity contribution in [1.29, 1.82) is 0 Å². The number of alkyl carbamates (subject to hydrolysis) is 1. The summed E-state index contributed by atoms with van der Waals surface area (Å²) in [6.07, 6.45) is 0.905. The molecule has 0 bridgehead atoms. The van der Waals surface area contributed by atoms with Crippen molar-refractivity contribution >= 4 is 21.7 Å². The van der Waals surface area contributed by atoms with E-state index in [1.54, 1.807) is 32.9 Å². The lowest BCUT2D eigenvalue weighted by Crippen LogP contribution is -2.44. The van der Waals surface area contributed by atoms with E-state index >= 15 is 0 Å². The van der Waals surface area contributed by atoms with Gasteiger partial charge in [-0.25, -0.2) is 9.00 Å². The molecule has 0 aliphatic rings. The van der Waals surface area contributed by atoms with Gasteiger partial charge in [-0.15, -0.1) is 0 Å². The molecule has 6 nitrogen and oxygen atoms in total. The van der Waals surface area contributed by atoms with E-state index in [2.05, 4.69) is 35.7 Å². The van der Waals surface area contributed by atoms with Crippen LogP contribution in [-0.2, 0) is 25.7 Å². The van der Waals surface area contributed by atoms with Crippen LogP contribution in [0.15, 0.2) is 82.1 Å². The van der Waals surface area contributed by atoms with Crippen LogP contribution in [0.3, 0.4) is 0 Å². The number of carbonyl (C=O) groups is 2. The molecule has 0 saturated carbocycles. The van der Waals surface area contributed by atoms with Crippen molar-refractivity contribution in [3.8, 4) is 11.1 Å². The Morgan fingerprint density at radius 2 is 1.50 bits per heavy atom. The standard InChI is InChI=1S/C29H34N2O4S/c1-20-11-10-12-21(2)26(20)23-15-17-24(18-16-23)36(6,34)31-27(32)25(19-22-13-8-7-9-14-22)30-28(33)35-29(3,4)5/h7-18,25H,19H2,1-6H3,(H,30,33)/t25-,36-/m0/s1. The summed E-state index contributed by atoms with van der Waals surface area (Å²) in [6, 6.07) is 21.7. The van der Waals surface area contributed by atoms with E-state index in [9.17, 15) is 13.8 Å². The van der Waals surface area contributed by atoms with Gasteiger partial charge >= 0.3 is 6.09 Å². The number of benzene rings is 3. The van der Waals surface area contributed by atoms with Crippen LogP contribution in [0.25, 0.3) is 11.1 Å².